The molecule has 36 heavy (non-hydrogen) atoms. The SMILES string of the molecule is CCCc1cc(C(=O)NCC23CCC(C(N)=O)(CC2)CC3)c(F)c(F)c1OCc1ccc(OC)cc1. The fourth-order valence-electron chi connectivity index (χ4n) is 5.58. The average molecular weight is 501 g/mol. The third kappa shape index (κ3) is 5.04. The van der Waals surface area contributed by atoms with Gasteiger partial charge >= 0.3 is 0 Å². The van der Waals surface area contributed by atoms with Crippen molar-refractivity contribution in [2.45, 2.75) is 64.9 Å². The second-order valence-corrected chi connectivity index (χ2v) is 10.3. The summed E-state index contributed by atoms with van der Waals surface area (Å²) in [4.78, 5) is 24.8. The molecule has 2 bridgehead atoms. The van der Waals surface area contributed by atoms with Gasteiger partial charge in [0.1, 0.15) is 12.4 Å². The Morgan fingerprint density at radius 2 is 1.67 bits per heavy atom. The molecule has 8 heteroatoms. The molecule has 0 saturated heterocycles. The lowest BCUT2D eigenvalue weighted by molar-refractivity contribution is -0.136. The van der Waals surface area contributed by atoms with Crippen LogP contribution in [0.2, 0.25) is 0 Å². The van der Waals surface area contributed by atoms with E-state index < -0.39 is 23.0 Å². The summed E-state index contributed by atoms with van der Waals surface area (Å²) >= 11 is 0. The molecule has 3 N–H and O–H groups in total. The number of hydrogen-bond donors (Lipinski definition) is 2. The van der Waals surface area contributed by atoms with Gasteiger partial charge in [0.2, 0.25) is 11.7 Å². The number of carbonyl (C=O) groups is 2. The summed E-state index contributed by atoms with van der Waals surface area (Å²) in [6.07, 6.45) is 5.60. The molecule has 0 heterocycles. The van der Waals surface area contributed by atoms with Crippen LogP contribution in [-0.4, -0.2) is 25.5 Å². The minimum absolute atomic E-state index is 0.0535. The van der Waals surface area contributed by atoms with E-state index in [1.807, 2.05) is 6.92 Å². The maximum Gasteiger partial charge on any atom is 0.254 e. The van der Waals surface area contributed by atoms with Gasteiger partial charge in [-0.2, -0.15) is 4.39 Å². The van der Waals surface area contributed by atoms with Gasteiger partial charge in [-0.15, -0.1) is 0 Å². The maximum atomic E-state index is 15.1. The van der Waals surface area contributed by atoms with E-state index in [4.69, 9.17) is 15.2 Å². The fraction of sp³-hybridized carbons (Fsp3) is 0.500. The largest absolute Gasteiger partial charge is 0.497 e. The van der Waals surface area contributed by atoms with Crippen molar-refractivity contribution in [1.82, 2.24) is 5.32 Å². The van der Waals surface area contributed by atoms with E-state index in [9.17, 15) is 9.59 Å². The van der Waals surface area contributed by atoms with Crippen molar-refractivity contribution >= 4 is 11.8 Å². The van der Waals surface area contributed by atoms with Crippen LogP contribution in [0.25, 0.3) is 0 Å². The van der Waals surface area contributed by atoms with E-state index in [-0.39, 0.29) is 29.2 Å². The molecule has 0 aromatic heterocycles. The highest BCUT2D eigenvalue weighted by molar-refractivity contribution is 5.95. The second kappa shape index (κ2) is 10.4. The number of amides is 2. The van der Waals surface area contributed by atoms with Crippen molar-refractivity contribution in [1.29, 1.82) is 0 Å². The minimum atomic E-state index is -1.21. The Morgan fingerprint density at radius 1 is 1.03 bits per heavy atom. The number of halogens is 2. The van der Waals surface area contributed by atoms with Crippen LogP contribution in [0.1, 0.15) is 73.4 Å². The van der Waals surface area contributed by atoms with Gasteiger partial charge in [0.15, 0.2) is 11.6 Å². The molecule has 5 rings (SSSR count). The zero-order valence-corrected chi connectivity index (χ0v) is 20.9. The molecule has 2 aromatic carbocycles. The zero-order chi connectivity index (χ0) is 25.9. The number of nitrogens with two attached hydrogens (primary N) is 1. The van der Waals surface area contributed by atoms with E-state index in [0.29, 0.717) is 50.0 Å². The first-order valence-corrected chi connectivity index (χ1v) is 12.6. The monoisotopic (exact) mass is 500 g/mol. The number of rotatable bonds is 10. The molecule has 0 spiro atoms. The Morgan fingerprint density at radius 3 is 2.22 bits per heavy atom. The normalized spacial score (nSPS) is 22.8. The molecular weight excluding hydrogens is 466 g/mol. The van der Waals surface area contributed by atoms with Crippen molar-refractivity contribution in [2.75, 3.05) is 13.7 Å². The van der Waals surface area contributed by atoms with Crippen LogP contribution in [0, 0.1) is 22.5 Å². The van der Waals surface area contributed by atoms with Gasteiger partial charge in [0.05, 0.1) is 12.7 Å². The molecule has 0 aliphatic heterocycles. The van der Waals surface area contributed by atoms with Gasteiger partial charge in [0.25, 0.3) is 5.91 Å². The smallest absolute Gasteiger partial charge is 0.254 e. The first-order chi connectivity index (χ1) is 17.2. The Bertz CT molecular complexity index is 1110. The number of benzene rings is 2. The lowest BCUT2D eigenvalue weighted by Crippen LogP contribution is -2.52. The van der Waals surface area contributed by atoms with Crippen molar-refractivity contribution in [3.8, 4) is 11.5 Å². The number of nitrogens with one attached hydrogen (secondary N) is 1. The van der Waals surface area contributed by atoms with E-state index in [2.05, 4.69) is 5.32 Å². The maximum absolute atomic E-state index is 15.1. The van der Waals surface area contributed by atoms with Crippen molar-refractivity contribution in [2.24, 2.45) is 16.6 Å². The van der Waals surface area contributed by atoms with Gasteiger partial charge in [-0.3, -0.25) is 9.59 Å². The molecule has 0 atom stereocenters. The lowest BCUT2D eigenvalue weighted by Gasteiger charge is -2.52. The van der Waals surface area contributed by atoms with Crippen LogP contribution in [0.3, 0.4) is 0 Å². The third-order valence-electron chi connectivity index (χ3n) is 8.09. The first-order valence-electron chi connectivity index (χ1n) is 12.6. The van der Waals surface area contributed by atoms with E-state index in [0.717, 1.165) is 24.8 Å². The van der Waals surface area contributed by atoms with E-state index in [1.165, 1.54) is 6.07 Å². The molecule has 3 fully saturated rings. The summed E-state index contributed by atoms with van der Waals surface area (Å²) in [5, 5.41) is 2.84. The molecule has 6 nitrogen and oxygen atoms in total. The summed E-state index contributed by atoms with van der Waals surface area (Å²) < 4.78 is 41.0. The Hall–Kier alpha value is -3.16. The number of hydrogen-bond acceptors (Lipinski definition) is 4. The van der Waals surface area contributed by atoms with Crippen molar-refractivity contribution in [3.05, 3.63) is 58.7 Å². The first kappa shape index (κ1) is 25.9. The summed E-state index contributed by atoms with van der Waals surface area (Å²) in [7, 11) is 1.57. The van der Waals surface area contributed by atoms with Gasteiger partial charge in [-0.25, -0.2) is 4.39 Å². The topological polar surface area (TPSA) is 90.7 Å². The summed E-state index contributed by atoms with van der Waals surface area (Å²) in [6.45, 7) is 2.34. The number of primary amides is 1. The minimum Gasteiger partial charge on any atom is -0.497 e. The van der Waals surface area contributed by atoms with Crippen LogP contribution < -0.4 is 20.5 Å². The molecule has 3 saturated carbocycles. The Balaban J connectivity index is 1.47. The third-order valence-corrected chi connectivity index (χ3v) is 8.09. The second-order valence-electron chi connectivity index (χ2n) is 10.3. The van der Waals surface area contributed by atoms with Gasteiger partial charge in [0, 0.05) is 12.0 Å². The molecule has 2 amide bonds. The zero-order valence-electron chi connectivity index (χ0n) is 20.9. The molecule has 0 radical (unpaired) electrons. The predicted octanol–water partition coefficient (Wildman–Crippen LogP) is 5.06. The van der Waals surface area contributed by atoms with Crippen LogP contribution in [0.4, 0.5) is 8.78 Å². The van der Waals surface area contributed by atoms with Gasteiger partial charge < -0.3 is 20.5 Å². The van der Waals surface area contributed by atoms with Crippen LogP contribution >= 0.6 is 0 Å². The lowest BCUT2D eigenvalue weighted by atomic mass is 9.53. The predicted molar refractivity (Wildman–Crippen MR) is 132 cm³/mol. The number of aryl methyl sites for hydroxylation is 1. The quantitative estimate of drug-likeness (QED) is 0.477. The van der Waals surface area contributed by atoms with Gasteiger partial charge in [-0.05, 0) is 79.7 Å². The fourth-order valence-corrected chi connectivity index (χ4v) is 5.58. The van der Waals surface area contributed by atoms with Crippen LogP contribution in [-0.2, 0) is 17.8 Å². The highest BCUT2D eigenvalue weighted by atomic mass is 19.2. The Labute approximate surface area is 210 Å². The molecular formula is C28H34F2N2O4. The molecule has 2 aromatic rings. The average Bonchev–Trinajstić information content (AvgIpc) is 2.90. The highest BCUT2D eigenvalue weighted by Crippen LogP contribution is 2.56. The van der Waals surface area contributed by atoms with Gasteiger partial charge in [-0.1, -0.05) is 25.5 Å². The van der Waals surface area contributed by atoms with Crippen molar-refractivity contribution in [3.63, 3.8) is 0 Å². The van der Waals surface area contributed by atoms with E-state index >= 15 is 8.78 Å². The number of carbonyl (C=O) groups excluding carboxylic acids is 2. The molecule has 3 aliphatic rings. The van der Waals surface area contributed by atoms with Crippen LogP contribution in [0.5, 0.6) is 11.5 Å². The molecule has 3 aliphatic carbocycles. The number of methoxy groups -OCH3 is 1. The van der Waals surface area contributed by atoms with E-state index in [1.54, 1.807) is 31.4 Å². The summed E-state index contributed by atoms with van der Waals surface area (Å²) in [5.41, 5.74) is 5.99. The van der Waals surface area contributed by atoms with Crippen LogP contribution in [0.15, 0.2) is 30.3 Å². The number of ether oxygens (including phenoxy) is 2. The Kier molecular flexibility index (Phi) is 7.52. The highest BCUT2D eigenvalue weighted by Gasteiger charge is 2.51. The summed E-state index contributed by atoms with van der Waals surface area (Å²) in [6, 6.07) is 8.51. The molecule has 0 unspecified atom stereocenters. The summed E-state index contributed by atoms with van der Waals surface area (Å²) in [5.74, 6) is -2.73. The standard InChI is InChI=1S/C28H34F2N2O4/c1-3-4-19-15-21(22(29)23(30)24(19)36-16-18-5-7-20(35-2)8-6-18)25(33)32-17-27-9-12-28(13-10-27,14-11-27)26(31)34/h5-8,15H,3-4,9-14,16-17H2,1-2H3,(H2,31,34)(H,32,33). The number of fused-ring (bicyclic) bond motifs is 3. The molecule has 194 valence electrons. The van der Waals surface area contributed by atoms with Crippen molar-refractivity contribution < 1.29 is 27.8 Å².